The molecule has 84 valence electrons. The Bertz CT molecular complexity index is 576. The monoisotopic (exact) mass is 299 g/mol. The molecule has 0 fully saturated rings. The number of nitrogens with one attached hydrogen (secondary N) is 1. The first-order valence-electron chi connectivity index (χ1n) is 4.83. The lowest BCUT2D eigenvalue weighted by Crippen LogP contribution is -2.13. The molecule has 2 aromatic heterocycles. The predicted octanol–water partition coefficient (Wildman–Crippen LogP) is 2.53. The topological polar surface area (TPSA) is 58.6 Å². The summed E-state index contributed by atoms with van der Waals surface area (Å²) in [5, 5.41) is 2.68. The van der Waals surface area contributed by atoms with Crippen LogP contribution in [0.3, 0.4) is 0 Å². The van der Waals surface area contributed by atoms with Crippen LogP contribution in [0.4, 0.5) is 0 Å². The number of hydrogen-bond acceptors (Lipinski definition) is 4. The highest BCUT2D eigenvalue weighted by atomic mass is 79.9. The summed E-state index contributed by atoms with van der Waals surface area (Å²) in [6.07, 6.45) is 0.710. The van der Waals surface area contributed by atoms with E-state index >= 15 is 0 Å². The zero-order chi connectivity index (χ0) is 11.7. The van der Waals surface area contributed by atoms with E-state index in [0.29, 0.717) is 16.7 Å². The molecule has 2 rings (SSSR count). The van der Waals surface area contributed by atoms with Crippen molar-refractivity contribution in [1.82, 2.24) is 15.0 Å². The first-order valence-corrected chi connectivity index (χ1v) is 6.50. The van der Waals surface area contributed by atoms with Crippen LogP contribution in [0.15, 0.2) is 14.6 Å². The number of aryl methyl sites for hydroxylation is 2. The standard InChI is InChI=1S/C10H10BrN3OS/c1-3-6-7(11)9(15)14-8(13-6)10-12-5(2)4-16-10/h4H,3H2,1-2H3,(H,13,14,15). The zero-order valence-electron chi connectivity index (χ0n) is 8.87. The maximum Gasteiger partial charge on any atom is 0.265 e. The van der Waals surface area contributed by atoms with Crippen LogP contribution < -0.4 is 5.56 Å². The molecule has 0 saturated heterocycles. The summed E-state index contributed by atoms with van der Waals surface area (Å²) in [5.74, 6) is 0.545. The Labute approximate surface area is 105 Å². The second-order valence-corrected chi connectivity index (χ2v) is 4.97. The highest BCUT2D eigenvalue weighted by Gasteiger charge is 2.10. The molecule has 0 unspecified atom stereocenters. The van der Waals surface area contributed by atoms with Crippen molar-refractivity contribution in [1.29, 1.82) is 0 Å². The van der Waals surface area contributed by atoms with Gasteiger partial charge in [-0.05, 0) is 29.3 Å². The Kier molecular flexibility index (Phi) is 3.20. The molecular weight excluding hydrogens is 290 g/mol. The van der Waals surface area contributed by atoms with Gasteiger partial charge in [0.2, 0.25) is 0 Å². The summed E-state index contributed by atoms with van der Waals surface area (Å²) >= 11 is 4.71. The Morgan fingerprint density at radius 1 is 1.50 bits per heavy atom. The molecule has 4 nitrogen and oxygen atoms in total. The molecule has 0 amide bonds. The van der Waals surface area contributed by atoms with E-state index in [2.05, 4.69) is 30.9 Å². The number of hydrogen-bond donors (Lipinski definition) is 1. The smallest absolute Gasteiger partial charge is 0.265 e. The molecule has 0 aliphatic heterocycles. The van der Waals surface area contributed by atoms with Crippen LogP contribution in [-0.2, 0) is 6.42 Å². The van der Waals surface area contributed by atoms with Gasteiger partial charge in [-0.3, -0.25) is 4.79 Å². The van der Waals surface area contributed by atoms with Gasteiger partial charge in [0.1, 0.15) is 4.47 Å². The SMILES string of the molecule is CCc1nc(-c2nc(C)cs2)[nH]c(=O)c1Br. The number of rotatable bonds is 2. The van der Waals surface area contributed by atoms with Gasteiger partial charge < -0.3 is 4.98 Å². The van der Waals surface area contributed by atoms with E-state index in [1.807, 2.05) is 19.2 Å². The third kappa shape index (κ3) is 2.08. The van der Waals surface area contributed by atoms with Crippen molar-refractivity contribution < 1.29 is 0 Å². The van der Waals surface area contributed by atoms with Crippen LogP contribution in [0.1, 0.15) is 18.3 Å². The Morgan fingerprint density at radius 2 is 2.25 bits per heavy atom. The van der Waals surface area contributed by atoms with Gasteiger partial charge in [-0.2, -0.15) is 0 Å². The summed E-state index contributed by atoms with van der Waals surface area (Å²) < 4.78 is 0.507. The van der Waals surface area contributed by atoms with Crippen molar-refractivity contribution in [2.75, 3.05) is 0 Å². The van der Waals surface area contributed by atoms with E-state index in [1.165, 1.54) is 11.3 Å². The van der Waals surface area contributed by atoms with Crippen molar-refractivity contribution >= 4 is 27.3 Å². The summed E-state index contributed by atoms with van der Waals surface area (Å²) in [4.78, 5) is 23.0. The summed E-state index contributed by atoms with van der Waals surface area (Å²) in [7, 11) is 0. The van der Waals surface area contributed by atoms with Crippen LogP contribution in [-0.4, -0.2) is 15.0 Å². The van der Waals surface area contributed by atoms with Crippen molar-refractivity contribution in [3.8, 4) is 10.8 Å². The molecule has 16 heavy (non-hydrogen) atoms. The van der Waals surface area contributed by atoms with Gasteiger partial charge in [0.05, 0.1) is 5.69 Å². The van der Waals surface area contributed by atoms with Gasteiger partial charge in [0.25, 0.3) is 5.56 Å². The second kappa shape index (κ2) is 4.47. The van der Waals surface area contributed by atoms with Crippen LogP contribution in [0.5, 0.6) is 0 Å². The van der Waals surface area contributed by atoms with E-state index in [4.69, 9.17) is 0 Å². The van der Waals surface area contributed by atoms with Gasteiger partial charge in [-0.25, -0.2) is 9.97 Å². The first-order chi connectivity index (χ1) is 7.61. The summed E-state index contributed by atoms with van der Waals surface area (Å²) in [6, 6.07) is 0. The number of halogens is 1. The van der Waals surface area contributed by atoms with Crippen LogP contribution in [0, 0.1) is 6.92 Å². The molecule has 0 atom stereocenters. The zero-order valence-corrected chi connectivity index (χ0v) is 11.3. The third-order valence-corrected chi connectivity index (χ3v) is 3.87. The van der Waals surface area contributed by atoms with Gasteiger partial charge in [-0.1, -0.05) is 6.92 Å². The quantitative estimate of drug-likeness (QED) is 0.927. The number of thiazole rings is 1. The van der Waals surface area contributed by atoms with Crippen LogP contribution >= 0.6 is 27.3 Å². The lowest BCUT2D eigenvalue weighted by molar-refractivity contribution is 0.967. The average molecular weight is 300 g/mol. The predicted molar refractivity (Wildman–Crippen MR) is 67.8 cm³/mol. The van der Waals surface area contributed by atoms with Gasteiger partial charge >= 0.3 is 0 Å². The highest BCUT2D eigenvalue weighted by molar-refractivity contribution is 9.10. The fraction of sp³-hybridized carbons (Fsp3) is 0.300. The second-order valence-electron chi connectivity index (χ2n) is 3.32. The minimum atomic E-state index is -0.158. The normalized spacial score (nSPS) is 10.7. The van der Waals surface area contributed by atoms with Crippen LogP contribution in [0.2, 0.25) is 0 Å². The molecule has 1 N–H and O–H groups in total. The van der Waals surface area contributed by atoms with Gasteiger partial charge in [-0.15, -0.1) is 11.3 Å². The third-order valence-electron chi connectivity index (χ3n) is 2.09. The molecule has 0 aliphatic carbocycles. The molecule has 0 radical (unpaired) electrons. The van der Waals surface area contributed by atoms with Gasteiger partial charge in [0, 0.05) is 11.1 Å². The maximum absolute atomic E-state index is 11.6. The number of aromatic nitrogens is 3. The van der Waals surface area contributed by atoms with Crippen LogP contribution in [0.25, 0.3) is 10.8 Å². The lowest BCUT2D eigenvalue weighted by Gasteiger charge is -2.01. The van der Waals surface area contributed by atoms with E-state index in [0.717, 1.165) is 16.4 Å². The summed E-state index contributed by atoms with van der Waals surface area (Å²) in [6.45, 7) is 3.88. The molecule has 0 aromatic carbocycles. The molecule has 0 bridgehead atoms. The molecule has 0 saturated carbocycles. The van der Waals surface area contributed by atoms with Gasteiger partial charge in [0.15, 0.2) is 10.8 Å². The van der Waals surface area contributed by atoms with E-state index < -0.39 is 0 Å². The number of nitrogens with zero attached hydrogens (tertiary/aromatic N) is 2. The Hall–Kier alpha value is -1.01. The first kappa shape index (κ1) is 11.5. The average Bonchev–Trinajstić information content (AvgIpc) is 2.69. The molecule has 2 heterocycles. The fourth-order valence-corrected chi connectivity index (χ4v) is 2.51. The Balaban J connectivity index is 2.59. The van der Waals surface area contributed by atoms with E-state index in [-0.39, 0.29) is 5.56 Å². The largest absolute Gasteiger partial charge is 0.304 e. The van der Waals surface area contributed by atoms with Crippen molar-refractivity contribution in [3.63, 3.8) is 0 Å². The van der Waals surface area contributed by atoms with Crippen molar-refractivity contribution in [2.24, 2.45) is 0 Å². The van der Waals surface area contributed by atoms with E-state index in [9.17, 15) is 4.79 Å². The maximum atomic E-state index is 11.6. The minimum Gasteiger partial charge on any atom is -0.304 e. The van der Waals surface area contributed by atoms with Crippen molar-refractivity contribution in [2.45, 2.75) is 20.3 Å². The number of aromatic amines is 1. The lowest BCUT2D eigenvalue weighted by atomic mass is 10.3. The van der Waals surface area contributed by atoms with E-state index in [1.54, 1.807) is 0 Å². The molecular formula is C10H10BrN3OS. The number of H-pyrrole nitrogens is 1. The minimum absolute atomic E-state index is 0.158. The fourth-order valence-electron chi connectivity index (χ4n) is 1.30. The molecule has 2 aromatic rings. The van der Waals surface area contributed by atoms with Crippen molar-refractivity contribution in [3.05, 3.63) is 31.6 Å². The summed E-state index contributed by atoms with van der Waals surface area (Å²) in [5.41, 5.74) is 1.53. The molecule has 0 aliphatic rings. The Morgan fingerprint density at radius 3 is 2.81 bits per heavy atom. The molecule has 0 spiro atoms. The highest BCUT2D eigenvalue weighted by Crippen LogP contribution is 2.20. The molecule has 6 heteroatoms.